The Labute approximate surface area is 365 Å². The summed E-state index contributed by atoms with van der Waals surface area (Å²) in [6.45, 7) is -5.39. The van der Waals surface area contributed by atoms with Gasteiger partial charge in [-0.2, -0.15) is 0 Å². The first-order valence-corrected chi connectivity index (χ1v) is 26.2. The van der Waals surface area contributed by atoms with Gasteiger partial charge in [-0.1, -0.05) is 0 Å². The summed E-state index contributed by atoms with van der Waals surface area (Å²) in [7, 11) is -27.7. The maximum absolute atomic E-state index is 13.4. The van der Waals surface area contributed by atoms with Crippen LogP contribution in [-0.2, 0) is 107 Å². The molecule has 36 nitrogen and oxygen atoms in total. The van der Waals surface area contributed by atoms with Crippen molar-refractivity contribution in [3.8, 4) is 0 Å². The molecule has 4 rings (SSSR count). The third-order valence-electron chi connectivity index (χ3n) is 7.39. The molecule has 0 aliphatic carbocycles. The molecule has 0 spiro atoms. The zero-order valence-corrected chi connectivity index (χ0v) is 36.9. The Morgan fingerprint density at radius 3 is 0.723 bits per heavy atom. The van der Waals surface area contributed by atoms with E-state index >= 15 is 0 Å². The van der Waals surface area contributed by atoms with E-state index in [9.17, 15) is 93.7 Å². The third kappa shape index (κ3) is 12.0. The van der Waals surface area contributed by atoms with Crippen LogP contribution in [0.4, 0.5) is 0 Å². The van der Waals surface area contributed by atoms with Crippen LogP contribution in [0, 0.1) is 0 Å². The molecule has 8 atom stereocenters. The average molecular weight is 1140 g/mol. The van der Waals surface area contributed by atoms with Crippen molar-refractivity contribution in [1.29, 1.82) is 0 Å². The minimum atomic E-state index is -9.39. The monoisotopic (exact) mass is 1140 g/mol. The van der Waals surface area contributed by atoms with Crippen molar-refractivity contribution in [2.24, 2.45) is 0 Å². The molecular weight excluding hydrogens is 1110 g/mol. The Morgan fingerprint density at radius 2 is 0.569 bits per heavy atom. The summed E-state index contributed by atoms with van der Waals surface area (Å²) in [5.41, 5.74) is 0. The van der Waals surface area contributed by atoms with Crippen LogP contribution in [0.25, 0.3) is 0 Å². The summed E-state index contributed by atoms with van der Waals surface area (Å²) in [5.74, 6) is -23.8. The van der Waals surface area contributed by atoms with Gasteiger partial charge in [-0.15, -0.1) is 0 Å². The van der Waals surface area contributed by atoms with E-state index in [1.165, 1.54) is 0 Å². The van der Waals surface area contributed by atoms with E-state index in [0.717, 1.165) is 0 Å². The molecule has 4 heterocycles. The Bertz CT molecular complexity index is 2170. The van der Waals surface area contributed by atoms with Gasteiger partial charge in [-0.05, 0) is 0 Å². The van der Waals surface area contributed by atoms with Crippen LogP contribution in [0.15, 0.2) is 46.1 Å². The number of hydrogen-bond acceptors (Lipinski definition) is 36. The molecule has 0 radical (unpaired) electrons. The Hall–Kier alpha value is -4.64. The third-order valence-corrected chi connectivity index (χ3v) is 24.5. The topological polar surface area (TPSA) is 558 Å². The summed E-state index contributed by atoms with van der Waals surface area (Å²) in [6.07, 6.45) is -18.7. The molecule has 368 valence electrons. The molecule has 65 heavy (non-hydrogen) atoms. The van der Waals surface area contributed by atoms with Crippen LogP contribution in [0.5, 0.6) is 0 Å². The molecule has 41 heteroatoms. The van der Waals surface area contributed by atoms with Crippen molar-refractivity contribution in [3.05, 3.63) is 46.1 Å². The van der Waals surface area contributed by atoms with E-state index in [1.807, 2.05) is 0 Å². The first kappa shape index (κ1) is 53.0. The zero-order valence-electron chi connectivity index (χ0n) is 30.7. The van der Waals surface area contributed by atoms with E-state index in [0.29, 0.717) is 0 Å². The molecule has 0 aromatic heterocycles. The van der Waals surface area contributed by atoms with Gasteiger partial charge in [0.15, 0.2) is 0 Å². The molecular formula is C24H28O36S4Sn. The van der Waals surface area contributed by atoms with Gasteiger partial charge in [0.05, 0.1) is 0 Å². The van der Waals surface area contributed by atoms with Gasteiger partial charge < -0.3 is 0 Å². The minimum absolute atomic E-state index is 1.35. The fourth-order valence-electron chi connectivity index (χ4n) is 4.63. The number of carbonyl (C=O) groups excluding carboxylic acids is 4. The molecule has 0 aromatic carbocycles. The van der Waals surface area contributed by atoms with Crippen molar-refractivity contribution in [3.63, 3.8) is 0 Å². The van der Waals surface area contributed by atoms with Gasteiger partial charge in [0.2, 0.25) is 0 Å². The second-order valence-corrected chi connectivity index (χ2v) is 25.1. The summed E-state index contributed by atoms with van der Waals surface area (Å²) in [5, 5.41) is 117. The molecule has 4 aliphatic heterocycles. The second-order valence-electron chi connectivity index (χ2n) is 12.0. The first-order chi connectivity index (χ1) is 29.9. The van der Waals surface area contributed by atoms with Crippen LogP contribution in [-0.4, -0.2) is 214 Å². The SMILES string of the molecule is O=C1O[C@H]([C@@H](O)CO)C(O)=C1OS(=O)(=O)[O][Sn]([O]S(=O)(=O)OC1=C(O)[C@@H]([C@@H](O)CO)OC1=O)([O]S(=O)(=O)OC1=C(O)[C@@H]([C@@H](O)CO)OC1=O)[O]S(=O)(=O)OC1=C(O)[C@@H]([C@@H](O)CO)OC1=O. The standard InChI is InChI=1S/4C6H8O9S.Sn/c4*7-1-2(8)4-3(9)5(6(10)14-4)15-16(11,12)13;/h4*2,4,7-9H,1H2,(H,11,12,13);/q;;;;+4/p-4/t4*2-,4+;/m0000./s1. The fourth-order valence-corrected chi connectivity index (χ4v) is 21.9. The van der Waals surface area contributed by atoms with Gasteiger partial charge in [0.25, 0.3) is 0 Å². The van der Waals surface area contributed by atoms with E-state index in [4.69, 9.17) is 20.4 Å². The number of esters is 4. The predicted molar refractivity (Wildman–Crippen MR) is 181 cm³/mol. The summed E-state index contributed by atoms with van der Waals surface area (Å²) in [6, 6.07) is 0. The molecule has 0 unspecified atom stereocenters. The van der Waals surface area contributed by atoms with Crippen molar-refractivity contribution in [2.45, 2.75) is 48.8 Å². The van der Waals surface area contributed by atoms with Crippen molar-refractivity contribution in [1.82, 2.24) is 0 Å². The van der Waals surface area contributed by atoms with Crippen LogP contribution < -0.4 is 0 Å². The number of cyclic esters (lactones) is 4. The van der Waals surface area contributed by atoms with Gasteiger partial charge in [0, 0.05) is 0 Å². The van der Waals surface area contributed by atoms with Gasteiger partial charge in [-0.3, -0.25) is 0 Å². The van der Waals surface area contributed by atoms with Crippen LogP contribution >= 0.6 is 0 Å². The molecule has 12 N–H and O–H groups in total. The number of carbonyl (C=O) groups is 4. The second kappa shape index (κ2) is 19.7. The molecule has 0 aromatic rings. The summed E-state index contributed by atoms with van der Waals surface area (Å²) in [4.78, 5) is 49.5. The molecule has 0 fully saturated rings. The summed E-state index contributed by atoms with van der Waals surface area (Å²) >= 11 is -9.39. The van der Waals surface area contributed by atoms with Crippen LogP contribution in [0.1, 0.15) is 0 Å². The van der Waals surface area contributed by atoms with Gasteiger partial charge in [-0.25, -0.2) is 0 Å². The number of hydrogen-bond donors (Lipinski definition) is 12. The number of aliphatic hydroxyl groups is 12. The number of ether oxygens (including phenoxy) is 4. The number of aliphatic hydroxyl groups excluding tert-OH is 12. The molecule has 0 amide bonds. The van der Waals surface area contributed by atoms with Crippen molar-refractivity contribution in [2.75, 3.05) is 26.4 Å². The number of rotatable bonds is 24. The zero-order chi connectivity index (χ0) is 49.4. The van der Waals surface area contributed by atoms with Gasteiger partial charge >= 0.3 is 367 Å². The van der Waals surface area contributed by atoms with E-state index in [2.05, 4.69) is 45.8 Å². The molecule has 0 bridgehead atoms. The summed E-state index contributed by atoms with van der Waals surface area (Å²) < 4.78 is 157. The molecule has 0 saturated carbocycles. The Kier molecular flexibility index (Phi) is 16.0. The fraction of sp³-hybridized carbons (Fsp3) is 0.500. The van der Waals surface area contributed by atoms with Crippen LogP contribution in [0.2, 0.25) is 0 Å². The molecule has 4 aliphatic rings. The quantitative estimate of drug-likeness (QED) is 0.0243. The first-order valence-electron chi connectivity index (χ1n) is 16.2. The Balaban J connectivity index is 1.95. The predicted octanol–water partition coefficient (Wildman–Crippen LogP) is -9.27. The molecule has 0 saturated heterocycles. The average Bonchev–Trinajstić information content (AvgIpc) is 3.84. The van der Waals surface area contributed by atoms with Gasteiger partial charge in [0.1, 0.15) is 0 Å². The van der Waals surface area contributed by atoms with Crippen LogP contribution in [0.3, 0.4) is 0 Å². The normalized spacial score (nSPS) is 24.1. The maximum atomic E-state index is 13.4. The van der Waals surface area contributed by atoms with Crippen molar-refractivity contribution < 1.29 is 160 Å². The Morgan fingerprint density at radius 1 is 0.400 bits per heavy atom. The van der Waals surface area contributed by atoms with E-state index in [1.54, 1.807) is 0 Å². The van der Waals surface area contributed by atoms with E-state index < -0.39 is 207 Å². The van der Waals surface area contributed by atoms with E-state index in [-0.39, 0.29) is 0 Å². The van der Waals surface area contributed by atoms with Crippen molar-refractivity contribution >= 4 is 85.5 Å².